The number of hydrogen-bond acceptors (Lipinski definition) is 3. The van der Waals surface area contributed by atoms with E-state index < -0.39 is 0 Å². The first kappa shape index (κ1) is 9.90. The number of amides is 2. The third kappa shape index (κ3) is 5.35. The largest absolute Gasteiger partial charge is 0.395 e. The second-order valence-electron chi connectivity index (χ2n) is 1.94. The lowest BCUT2D eigenvalue weighted by Gasteiger charge is -2.14. The molecule has 0 rings (SSSR count). The number of carbonyl (C=O) groups is 2. The summed E-state index contributed by atoms with van der Waals surface area (Å²) in [4.78, 5) is 21.3. The maximum absolute atomic E-state index is 10.2. The molecule has 0 aromatic heterocycles. The highest BCUT2D eigenvalue weighted by molar-refractivity contribution is 5.48. The lowest BCUT2D eigenvalue weighted by molar-refractivity contribution is -0.119. The van der Waals surface area contributed by atoms with Crippen LogP contribution in [0.3, 0.4) is 0 Å². The third-order valence-corrected chi connectivity index (χ3v) is 1.16. The van der Waals surface area contributed by atoms with E-state index in [4.69, 9.17) is 5.11 Å². The minimum Gasteiger partial charge on any atom is -0.395 e. The Labute approximate surface area is 65.0 Å². The van der Waals surface area contributed by atoms with Crippen LogP contribution in [0.5, 0.6) is 0 Å². The molecule has 11 heavy (non-hydrogen) atoms. The van der Waals surface area contributed by atoms with Gasteiger partial charge in [0, 0.05) is 19.6 Å². The van der Waals surface area contributed by atoms with Crippen molar-refractivity contribution < 1.29 is 14.7 Å². The number of nitrogens with zero attached hydrogens (tertiary/aromatic N) is 1. The van der Waals surface area contributed by atoms with Gasteiger partial charge in [-0.15, -0.1) is 0 Å². The zero-order valence-electron chi connectivity index (χ0n) is 6.19. The van der Waals surface area contributed by atoms with E-state index in [0.717, 1.165) is 0 Å². The van der Waals surface area contributed by atoms with Crippen LogP contribution in [0.25, 0.3) is 0 Å². The summed E-state index contributed by atoms with van der Waals surface area (Å²) in [6.45, 7) is 1.11. The van der Waals surface area contributed by atoms with Gasteiger partial charge in [0.05, 0.1) is 6.61 Å². The number of rotatable bonds is 7. The first-order chi connectivity index (χ1) is 5.35. The SMILES string of the molecule is O=CNCCN(C=O)CCO. The van der Waals surface area contributed by atoms with E-state index in [9.17, 15) is 9.59 Å². The molecule has 2 N–H and O–H groups in total. The van der Waals surface area contributed by atoms with Gasteiger partial charge in [-0.25, -0.2) is 0 Å². The molecular weight excluding hydrogens is 148 g/mol. The van der Waals surface area contributed by atoms with Gasteiger partial charge in [-0.2, -0.15) is 0 Å². The van der Waals surface area contributed by atoms with Crippen LogP contribution in [0.15, 0.2) is 0 Å². The molecule has 0 fully saturated rings. The summed E-state index contributed by atoms with van der Waals surface area (Å²) in [5.41, 5.74) is 0. The van der Waals surface area contributed by atoms with Crippen molar-refractivity contribution in [1.82, 2.24) is 10.2 Å². The van der Waals surface area contributed by atoms with Crippen LogP contribution >= 0.6 is 0 Å². The zero-order valence-corrected chi connectivity index (χ0v) is 6.19. The summed E-state index contributed by atoms with van der Waals surface area (Å²) in [6.07, 6.45) is 1.21. The average molecular weight is 160 g/mol. The van der Waals surface area contributed by atoms with Crippen molar-refractivity contribution in [2.75, 3.05) is 26.2 Å². The van der Waals surface area contributed by atoms with Crippen molar-refractivity contribution in [3.8, 4) is 0 Å². The molecule has 0 spiro atoms. The Morgan fingerprint density at radius 2 is 2.09 bits per heavy atom. The van der Waals surface area contributed by atoms with Crippen molar-refractivity contribution in [1.29, 1.82) is 0 Å². The van der Waals surface area contributed by atoms with Crippen molar-refractivity contribution in [2.45, 2.75) is 0 Å². The summed E-state index contributed by atoms with van der Waals surface area (Å²) >= 11 is 0. The quantitative estimate of drug-likeness (QED) is 0.340. The molecule has 0 unspecified atom stereocenters. The van der Waals surface area contributed by atoms with Gasteiger partial charge >= 0.3 is 0 Å². The molecule has 0 aromatic carbocycles. The molecule has 0 radical (unpaired) electrons. The van der Waals surface area contributed by atoms with Crippen LogP contribution < -0.4 is 5.32 Å². The van der Waals surface area contributed by atoms with Crippen LogP contribution in [0, 0.1) is 0 Å². The summed E-state index contributed by atoms with van der Waals surface area (Å²) in [7, 11) is 0. The number of hydrogen-bond donors (Lipinski definition) is 2. The van der Waals surface area contributed by atoms with Crippen LogP contribution in [0.1, 0.15) is 0 Å². The molecule has 0 aliphatic heterocycles. The molecule has 0 aromatic rings. The average Bonchev–Trinajstić information content (AvgIpc) is 2.03. The maximum Gasteiger partial charge on any atom is 0.209 e. The number of aliphatic hydroxyl groups is 1. The van der Waals surface area contributed by atoms with Crippen LogP contribution in [0.4, 0.5) is 0 Å². The lowest BCUT2D eigenvalue weighted by atomic mass is 10.5. The molecule has 0 heterocycles. The van der Waals surface area contributed by atoms with E-state index in [-0.39, 0.29) is 6.61 Å². The molecule has 0 saturated heterocycles. The Morgan fingerprint density at radius 1 is 1.36 bits per heavy atom. The molecule has 2 amide bonds. The highest BCUT2D eigenvalue weighted by atomic mass is 16.3. The van der Waals surface area contributed by atoms with Crippen molar-refractivity contribution >= 4 is 12.8 Å². The topological polar surface area (TPSA) is 69.6 Å². The molecule has 0 aliphatic rings. The van der Waals surface area contributed by atoms with Gasteiger partial charge in [0.15, 0.2) is 0 Å². The van der Waals surface area contributed by atoms with Crippen LogP contribution in [0.2, 0.25) is 0 Å². The summed E-state index contributed by atoms with van der Waals surface area (Å²) < 4.78 is 0. The second kappa shape index (κ2) is 7.01. The van der Waals surface area contributed by atoms with Gasteiger partial charge in [0.25, 0.3) is 0 Å². The van der Waals surface area contributed by atoms with Crippen LogP contribution in [-0.2, 0) is 9.59 Å². The Hall–Kier alpha value is -1.10. The molecule has 5 heteroatoms. The normalized spacial score (nSPS) is 8.82. The number of aliphatic hydroxyl groups excluding tert-OH is 1. The first-order valence-electron chi connectivity index (χ1n) is 3.32. The Kier molecular flexibility index (Phi) is 6.31. The summed E-state index contributed by atoms with van der Waals surface area (Å²) in [5.74, 6) is 0. The smallest absolute Gasteiger partial charge is 0.209 e. The van der Waals surface area contributed by atoms with Crippen molar-refractivity contribution in [3.05, 3.63) is 0 Å². The van der Waals surface area contributed by atoms with E-state index in [1.54, 1.807) is 0 Å². The van der Waals surface area contributed by atoms with Gasteiger partial charge in [0.1, 0.15) is 0 Å². The van der Waals surface area contributed by atoms with Gasteiger partial charge in [0.2, 0.25) is 12.8 Å². The monoisotopic (exact) mass is 160 g/mol. The minimum atomic E-state index is -0.0557. The highest BCUT2D eigenvalue weighted by Gasteiger charge is 1.97. The Balaban J connectivity index is 3.34. The molecule has 0 atom stereocenters. The predicted octanol–water partition coefficient (Wildman–Crippen LogP) is -1.82. The highest BCUT2D eigenvalue weighted by Crippen LogP contribution is 1.78. The lowest BCUT2D eigenvalue weighted by Crippen LogP contribution is -2.32. The standard InChI is InChI=1S/C6H12N2O3/c9-4-3-8(6-11)2-1-7-5-10/h5-6,9H,1-4H2,(H,7,10). The van der Waals surface area contributed by atoms with E-state index in [1.165, 1.54) is 4.90 Å². The minimum absolute atomic E-state index is 0.0557. The van der Waals surface area contributed by atoms with E-state index in [2.05, 4.69) is 5.32 Å². The Bertz CT molecular complexity index is 118. The number of nitrogens with one attached hydrogen (secondary N) is 1. The van der Waals surface area contributed by atoms with Gasteiger partial charge in [-0.1, -0.05) is 0 Å². The van der Waals surface area contributed by atoms with Crippen molar-refractivity contribution in [3.63, 3.8) is 0 Å². The third-order valence-electron chi connectivity index (χ3n) is 1.16. The fourth-order valence-corrected chi connectivity index (χ4v) is 0.613. The molecule has 5 nitrogen and oxygen atoms in total. The summed E-state index contributed by atoms with van der Waals surface area (Å²) in [5, 5.41) is 10.8. The van der Waals surface area contributed by atoms with E-state index in [1.807, 2.05) is 0 Å². The first-order valence-corrected chi connectivity index (χ1v) is 3.32. The maximum atomic E-state index is 10.2. The fraction of sp³-hybridized carbons (Fsp3) is 0.667. The zero-order chi connectivity index (χ0) is 8.53. The van der Waals surface area contributed by atoms with Gasteiger partial charge in [-0.3, -0.25) is 9.59 Å². The number of carbonyl (C=O) groups excluding carboxylic acids is 2. The van der Waals surface area contributed by atoms with E-state index >= 15 is 0 Å². The fourth-order valence-electron chi connectivity index (χ4n) is 0.613. The molecule has 0 bridgehead atoms. The van der Waals surface area contributed by atoms with Gasteiger partial charge in [-0.05, 0) is 0 Å². The summed E-state index contributed by atoms with van der Waals surface area (Å²) in [6, 6.07) is 0. The molecular formula is C6H12N2O3. The molecule has 0 saturated carbocycles. The molecule has 64 valence electrons. The van der Waals surface area contributed by atoms with Crippen LogP contribution in [-0.4, -0.2) is 49.1 Å². The van der Waals surface area contributed by atoms with Gasteiger partial charge < -0.3 is 15.3 Å². The Morgan fingerprint density at radius 3 is 2.55 bits per heavy atom. The van der Waals surface area contributed by atoms with E-state index in [0.29, 0.717) is 32.5 Å². The second-order valence-corrected chi connectivity index (χ2v) is 1.94. The predicted molar refractivity (Wildman–Crippen MR) is 38.8 cm³/mol. The van der Waals surface area contributed by atoms with Crippen molar-refractivity contribution in [2.24, 2.45) is 0 Å². The molecule has 0 aliphatic carbocycles.